The molecule has 0 unspecified atom stereocenters. The van der Waals surface area contributed by atoms with Gasteiger partial charge in [-0.1, -0.05) is 19.1 Å². The van der Waals surface area contributed by atoms with E-state index in [1.807, 2.05) is 39.0 Å². The lowest BCUT2D eigenvalue weighted by atomic mass is 10.1. The third-order valence-electron chi connectivity index (χ3n) is 4.03. The molecule has 1 fully saturated rings. The van der Waals surface area contributed by atoms with Gasteiger partial charge in [0.1, 0.15) is 5.75 Å². The number of rotatable bonds is 5. The van der Waals surface area contributed by atoms with Crippen molar-refractivity contribution in [2.24, 2.45) is 0 Å². The van der Waals surface area contributed by atoms with E-state index in [1.165, 1.54) is 0 Å². The normalized spacial score (nSPS) is 16.3. The molecular formula is C17H24N2O3. The molecule has 1 saturated heterocycles. The summed E-state index contributed by atoms with van der Waals surface area (Å²) in [5, 5.41) is 0. The molecule has 2 amide bonds. The molecule has 0 radical (unpaired) electrons. The van der Waals surface area contributed by atoms with E-state index < -0.39 is 6.10 Å². The second-order valence-electron chi connectivity index (χ2n) is 5.75. The van der Waals surface area contributed by atoms with Crippen LogP contribution in [0.2, 0.25) is 0 Å². The van der Waals surface area contributed by atoms with Gasteiger partial charge in [-0.25, -0.2) is 0 Å². The van der Waals surface area contributed by atoms with Crippen LogP contribution in [-0.4, -0.2) is 54.4 Å². The molecule has 0 saturated carbocycles. The van der Waals surface area contributed by atoms with Crippen molar-refractivity contribution >= 4 is 12.3 Å². The second kappa shape index (κ2) is 7.29. The van der Waals surface area contributed by atoms with Crippen molar-refractivity contribution < 1.29 is 14.3 Å². The van der Waals surface area contributed by atoms with E-state index in [0.717, 1.165) is 23.3 Å². The molecule has 1 atom stereocenters. The summed E-state index contributed by atoms with van der Waals surface area (Å²) < 4.78 is 5.97. The third-order valence-corrected chi connectivity index (χ3v) is 4.03. The second-order valence-corrected chi connectivity index (χ2v) is 5.75. The first-order valence-electron chi connectivity index (χ1n) is 7.77. The van der Waals surface area contributed by atoms with Crippen molar-refractivity contribution in [2.45, 2.75) is 33.3 Å². The number of aryl methyl sites for hydroxylation is 2. The number of amides is 2. The monoisotopic (exact) mass is 304 g/mol. The SMILES string of the molecule is CC[C@H](Oc1cc(C)ccc1C)C(=O)N1CCN(C=O)CC1. The fraction of sp³-hybridized carbons (Fsp3) is 0.529. The van der Waals surface area contributed by atoms with Crippen LogP contribution in [0, 0.1) is 13.8 Å². The standard InChI is InChI=1S/C17H24N2O3/c1-4-15(22-16-11-13(2)5-6-14(16)3)17(21)19-9-7-18(12-20)8-10-19/h5-6,11-12,15H,4,7-10H2,1-3H3/t15-/m0/s1. The quantitative estimate of drug-likeness (QED) is 0.779. The van der Waals surface area contributed by atoms with E-state index in [4.69, 9.17) is 4.74 Å². The molecule has 1 heterocycles. The summed E-state index contributed by atoms with van der Waals surface area (Å²) in [5.74, 6) is 0.778. The average Bonchev–Trinajstić information content (AvgIpc) is 2.55. The molecule has 1 aliphatic heterocycles. The number of hydrogen-bond donors (Lipinski definition) is 0. The number of carbonyl (C=O) groups excluding carboxylic acids is 2. The fourth-order valence-corrected chi connectivity index (χ4v) is 2.55. The molecule has 0 aromatic heterocycles. The Balaban J connectivity index is 2.03. The van der Waals surface area contributed by atoms with Crippen LogP contribution in [0.25, 0.3) is 0 Å². The lowest BCUT2D eigenvalue weighted by Crippen LogP contribution is -2.51. The average molecular weight is 304 g/mol. The third kappa shape index (κ3) is 3.78. The summed E-state index contributed by atoms with van der Waals surface area (Å²) in [5.41, 5.74) is 2.14. The van der Waals surface area contributed by atoms with Crippen LogP contribution in [0.4, 0.5) is 0 Å². The largest absolute Gasteiger partial charge is 0.480 e. The maximum Gasteiger partial charge on any atom is 0.263 e. The van der Waals surface area contributed by atoms with E-state index in [9.17, 15) is 9.59 Å². The Morgan fingerprint density at radius 1 is 1.27 bits per heavy atom. The van der Waals surface area contributed by atoms with Gasteiger partial charge in [-0.2, -0.15) is 0 Å². The predicted octanol–water partition coefficient (Wildman–Crippen LogP) is 1.76. The first kappa shape index (κ1) is 16.3. The van der Waals surface area contributed by atoms with Gasteiger partial charge < -0.3 is 14.5 Å². The van der Waals surface area contributed by atoms with Crippen molar-refractivity contribution in [2.75, 3.05) is 26.2 Å². The van der Waals surface area contributed by atoms with E-state index in [0.29, 0.717) is 32.6 Å². The molecular weight excluding hydrogens is 280 g/mol. The van der Waals surface area contributed by atoms with Crippen molar-refractivity contribution in [1.29, 1.82) is 0 Å². The van der Waals surface area contributed by atoms with Crippen molar-refractivity contribution in [3.05, 3.63) is 29.3 Å². The topological polar surface area (TPSA) is 49.9 Å². The highest BCUT2D eigenvalue weighted by molar-refractivity contribution is 5.81. The van der Waals surface area contributed by atoms with E-state index in [2.05, 4.69) is 0 Å². The van der Waals surface area contributed by atoms with Gasteiger partial charge >= 0.3 is 0 Å². The summed E-state index contributed by atoms with van der Waals surface area (Å²) in [6, 6.07) is 6.00. The van der Waals surface area contributed by atoms with Crippen LogP contribution in [0.3, 0.4) is 0 Å². The summed E-state index contributed by atoms with van der Waals surface area (Å²) >= 11 is 0. The first-order valence-corrected chi connectivity index (χ1v) is 7.77. The first-order chi connectivity index (χ1) is 10.5. The smallest absolute Gasteiger partial charge is 0.263 e. The molecule has 2 rings (SSSR count). The van der Waals surface area contributed by atoms with Gasteiger partial charge in [0, 0.05) is 26.2 Å². The molecule has 0 bridgehead atoms. The molecule has 0 spiro atoms. The molecule has 1 aromatic carbocycles. The maximum absolute atomic E-state index is 12.6. The zero-order valence-corrected chi connectivity index (χ0v) is 13.5. The number of piperazine rings is 1. The Bertz CT molecular complexity index is 537. The lowest BCUT2D eigenvalue weighted by Gasteiger charge is -2.34. The summed E-state index contributed by atoms with van der Waals surface area (Å²) in [7, 11) is 0. The lowest BCUT2D eigenvalue weighted by molar-refractivity contribution is -0.142. The Morgan fingerprint density at radius 2 is 1.95 bits per heavy atom. The Labute approximate surface area is 131 Å². The number of carbonyl (C=O) groups is 2. The Morgan fingerprint density at radius 3 is 2.55 bits per heavy atom. The minimum atomic E-state index is -0.469. The predicted molar refractivity (Wildman–Crippen MR) is 84.8 cm³/mol. The van der Waals surface area contributed by atoms with E-state index in [1.54, 1.807) is 9.80 Å². The zero-order chi connectivity index (χ0) is 16.1. The molecule has 5 nitrogen and oxygen atoms in total. The van der Waals surface area contributed by atoms with Crippen molar-refractivity contribution in [3.63, 3.8) is 0 Å². The van der Waals surface area contributed by atoms with Crippen LogP contribution >= 0.6 is 0 Å². The maximum atomic E-state index is 12.6. The summed E-state index contributed by atoms with van der Waals surface area (Å²) in [6.45, 7) is 8.27. The number of benzene rings is 1. The number of hydrogen-bond acceptors (Lipinski definition) is 3. The highest BCUT2D eigenvalue weighted by atomic mass is 16.5. The van der Waals surface area contributed by atoms with Gasteiger partial charge in [0.25, 0.3) is 5.91 Å². The molecule has 5 heteroatoms. The fourth-order valence-electron chi connectivity index (χ4n) is 2.55. The van der Waals surface area contributed by atoms with Gasteiger partial charge in [-0.05, 0) is 37.5 Å². The van der Waals surface area contributed by atoms with Crippen LogP contribution in [0.1, 0.15) is 24.5 Å². The molecule has 22 heavy (non-hydrogen) atoms. The molecule has 0 aliphatic carbocycles. The Kier molecular flexibility index (Phi) is 5.41. The minimum Gasteiger partial charge on any atom is -0.480 e. The highest BCUT2D eigenvalue weighted by Gasteiger charge is 2.27. The number of nitrogens with zero attached hydrogens (tertiary/aromatic N) is 2. The highest BCUT2D eigenvalue weighted by Crippen LogP contribution is 2.22. The van der Waals surface area contributed by atoms with Crippen LogP contribution in [-0.2, 0) is 9.59 Å². The van der Waals surface area contributed by atoms with Gasteiger partial charge in [0.05, 0.1) is 0 Å². The van der Waals surface area contributed by atoms with Crippen LogP contribution in [0.5, 0.6) is 5.75 Å². The Hall–Kier alpha value is -2.04. The zero-order valence-electron chi connectivity index (χ0n) is 13.5. The molecule has 1 aliphatic rings. The van der Waals surface area contributed by atoms with Gasteiger partial charge in [-0.15, -0.1) is 0 Å². The van der Waals surface area contributed by atoms with Gasteiger partial charge in [-0.3, -0.25) is 9.59 Å². The van der Waals surface area contributed by atoms with Crippen molar-refractivity contribution in [1.82, 2.24) is 9.80 Å². The van der Waals surface area contributed by atoms with Crippen molar-refractivity contribution in [3.8, 4) is 5.75 Å². The van der Waals surface area contributed by atoms with E-state index in [-0.39, 0.29) is 5.91 Å². The number of ether oxygens (including phenoxy) is 1. The van der Waals surface area contributed by atoms with Crippen LogP contribution in [0.15, 0.2) is 18.2 Å². The van der Waals surface area contributed by atoms with E-state index >= 15 is 0 Å². The summed E-state index contributed by atoms with van der Waals surface area (Å²) in [6.07, 6.45) is 0.995. The molecule has 0 N–H and O–H groups in total. The van der Waals surface area contributed by atoms with Gasteiger partial charge in [0.2, 0.25) is 6.41 Å². The minimum absolute atomic E-state index is 0.00829. The van der Waals surface area contributed by atoms with Crippen LogP contribution < -0.4 is 4.74 Å². The van der Waals surface area contributed by atoms with Gasteiger partial charge in [0.15, 0.2) is 6.10 Å². The molecule has 120 valence electrons. The molecule has 1 aromatic rings. The summed E-state index contributed by atoms with van der Waals surface area (Å²) in [4.78, 5) is 26.8.